The van der Waals surface area contributed by atoms with Crippen molar-refractivity contribution in [1.29, 1.82) is 0 Å². The molecule has 0 spiro atoms. The highest BCUT2D eigenvalue weighted by Gasteiger charge is 2.10. The minimum atomic E-state index is 0.715. The number of rotatable bonds is 2. The van der Waals surface area contributed by atoms with Crippen molar-refractivity contribution in [2.45, 2.75) is 13.8 Å². The van der Waals surface area contributed by atoms with Crippen LogP contribution in [0.15, 0.2) is 48.8 Å². The zero-order valence-electron chi connectivity index (χ0n) is 12.4. The van der Waals surface area contributed by atoms with E-state index in [-0.39, 0.29) is 0 Å². The smallest absolute Gasteiger partial charge is 0.215 e. The van der Waals surface area contributed by atoms with Crippen molar-refractivity contribution in [3.63, 3.8) is 0 Å². The summed E-state index contributed by atoms with van der Waals surface area (Å²) in [4.78, 5) is 4.71. The molecule has 0 aliphatic heterocycles. The van der Waals surface area contributed by atoms with Crippen LogP contribution in [0.2, 0.25) is 0 Å². The molecule has 0 aliphatic carbocycles. The lowest BCUT2D eigenvalue weighted by atomic mass is 10.1. The Morgan fingerprint density at radius 2 is 1.91 bits per heavy atom. The number of aryl methyl sites for hydroxylation is 2. The van der Waals surface area contributed by atoms with E-state index in [0.29, 0.717) is 5.95 Å². The van der Waals surface area contributed by atoms with E-state index in [0.717, 1.165) is 22.2 Å². The van der Waals surface area contributed by atoms with E-state index >= 15 is 0 Å². The van der Waals surface area contributed by atoms with E-state index in [1.54, 1.807) is 6.33 Å². The molecule has 0 fully saturated rings. The first-order valence-corrected chi connectivity index (χ1v) is 7.15. The van der Waals surface area contributed by atoms with Crippen LogP contribution in [0, 0.1) is 13.8 Å². The van der Waals surface area contributed by atoms with Gasteiger partial charge in [0.25, 0.3) is 0 Å². The fourth-order valence-electron chi connectivity index (χ4n) is 2.58. The van der Waals surface area contributed by atoms with Gasteiger partial charge in [-0.15, -0.1) is 10.2 Å². The molecule has 5 heteroatoms. The summed E-state index contributed by atoms with van der Waals surface area (Å²) >= 11 is 0. The van der Waals surface area contributed by atoms with Crippen molar-refractivity contribution < 1.29 is 0 Å². The number of nitrogens with one attached hydrogen (secondary N) is 1. The van der Waals surface area contributed by atoms with Crippen LogP contribution in [0.3, 0.4) is 0 Å². The molecule has 22 heavy (non-hydrogen) atoms. The number of fused-ring (bicyclic) bond motifs is 3. The third-order valence-corrected chi connectivity index (χ3v) is 3.79. The highest BCUT2D eigenvalue weighted by Crippen LogP contribution is 2.24. The van der Waals surface area contributed by atoms with Gasteiger partial charge in [-0.1, -0.05) is 24.3 Å². The van der Waals surface area contributed by atoms with Crippen molar-refractivity contribution in [3.05, 3.63) is 59.9 Å². The average Bonchev–Trinajstić information content (AvgIpc) is 3.01. The first-order valence-electron chi connectivity index (χ1n) is 7.15. The van der Waals surface area contributed by atoms with Gasteiger partial charge in [-0.2, -0.15) is 0 Å². The second-order valence-electron chi connectivity index (χ2n) is 5.42. The Labute approximate surface area is 127 Å². The maximum atomic E-state index is 4.71. The number of benzene rings is 2. The minimum Gasteiger partial charge on any atom is -0.325 e. The Hall–Kier alpha value is -2.95. The van der Waals surface area contributed by atoms with Crippen LogP contribution >= 0.6 is 0 Å². The van der Waals surface area contributed by atoms with E-state index in [1.807, 2.05) is 28.7 Å². The summed E-state index contributed by atoms with van der Waals surface area (Å²) in [5.41, 5.74) is 5.11. The normalized spacial score (nSPS) is 11.2. The third-order valence-electron chi connectivity index (χ3n) is 3.79. The lowest BCUT2D eigenvalue weighted by molar-refractivity contribution is 1.08. The van der Waals surface area contributed by atoms with Crippen LogP contribution in [-0.2, 0) is 0 Å². The molecule has 2 aromatic heterocycles. The van der Waals surface area contributed by atoms with Gasteiger partial charge >= 0.3 is 0 Å². The minimum absolute atomic E-state index is 0.715. The maximum Gasteiger partial charge on any atom is 0.215 e. The predicted molar refractivity (Wildman–Crippen MR) is 87.5 cm³/mol. The fraction of sp³-hybridized carbons (Fsp3) is 0.118. The number of para-hydroxylation sites is 1. The van der Waals surface area contributed by atoms with Crippen LogP contribution in [0.1, 0.15) is 11.1 Å². The van der Waals surface area contributed by atoms with E-state index in [1.165, 1.54) is 11.1 Å². The predicted octanol–water partition coefficient (Wildman–Crippen LogP) is 3.64. The molecule has 0 atom stereocenters. The topological polar surface area (TPSA) is 55.1 Å². The third kappa shape index (κ3) is 1.98. The average molecular weight is 289 g/mol. The second kappa shape index (κ2) is 4.80. The van der Waals surface area contributed by atoms with Crippen molar-refractivity contribution in [2.75, 3.05) is 5.32 Å². The summed E-state index contributed by atoms with van der Waals surface area (Å²) in [6.45, 7) is 4.15. The SMILES string of the molecule is Cc1ccc(C)c(Nc2nc3ccccc3c3nncn23)c1. The van der Waals surface area contributed by atoms with Gasteiger partial charge < -0.3 is 5.32 Å². The molecule has 4 aromatic rings. The molecule has 1 N–H and O–H groups in total. The number of hydrogen-bond donors (Lipinski definition) is 1. The molecule has 0 radical (unpaired) electrons. The van der Waals surface area contributed by atoms with Crippen molar-refractivity contribution >= 4 is 28.2 Å². The highest BCUT2D eigenvalue weighted by atomic mass is 15.3. The molecule has 0 saturated heterocycles. The van der Waals surface area contributed by atoms with E-state index in [2.05, 4.69) is 47.6 Å². The lowest BCUT2D eigenvalue weighted by Gasteiger charge is -2.12. The van der Waals surface area contributed by atoms with Gasteiger partial charge in [0.1, 0.15) is 6.33 Å². The summed E-state index contributed by atoms with van der Waals surface area (Å²) in [5.74, 6) is 0.715. The quantitative estimate of drug-likeness (QED) is 0.612. The molecule has 2 heterocycles. The number of nitrogens with zero attached hydrogens (tertiary/aromatic N) is 4. The van der Waals surface area contributed by atoms with Crippen molar-refractivity contribution in [1.82, 2.24) is 19.6 Å². The monoisotopic (exact) mass is 289 g/mol. The largest absolute Gasteiger partial charge is 0.325 e. The lowest BCUT2D eigenvalue weighted by Crippen LogP contribution is -2.03. The number of anilines is 2. The highest BCUT2D eigenvalue weighted by molar-refractivity contribution is 5.92. The van der Waals surface area contributed by atoms with E-state index in [9.17, 15) is 0 Å². The summed E-state index contributed by atoms with van der Waals surface area (Å²) < 4.78 is 1.88. The van der Waals surface area contributed by atoms with Crippen molar-refractivity contribution in [3.8, 4) is 0 Å². The second-order valence-corrected chi connectivity index (χ2v) is 5.42. The van der Waals surface area contributed by atoms with Gasteiger partial charge in [-0.3, -0.25) is 4.40 Å². The molecule has 108 valence electrons. The zero-order valence-corrected chi connectivity index (χ0v) is 12.4. The number of aromatic nitrogens is 4. The molecular weight excluding hydrogens is 274 g/mol. The van der Waals surface area contributed by atoms with Gasteiger partial charge in [0.05, 0.1) is 5.52 Å². The summed E-state index contributed by atoms with van der Waals surface area (Å²) in [5, 5.41) is 12.6. The van der Waals surface area contributed by atoms with E-state index in [4.69, 9.17) is 4.98 Å². The standard InChI is InChI=1S/C17H15N5/c1-11-7-8-12(2)15(9-11)20-17-19-14-6-4-3-5-13(14)16-21-18-10-22(16)17/h3-10H,1-2H3,(H,19,20). The van der Waals surface area contributed by atoms with Gasteiger partial charge in [0.15, 0.2) is 5.65 Å². The molecule has 0 bridgehead atoms. The van der Waals surface area contributed by atoms with Crippen LogP contribution in [0.25, 0.3) is 16.6 Å². The molecule has 5 nitrogen and oxygen atoms in total. The fourth-order valence-corrected chi connectivity index (χ4v) is 2.58. The van der Waals surface area contributed by atoms with Gasteiger partial charge in [0.2, 0.25) is 5.95 Å². The van der Waals surface area contributed by atoms with E-state index < -0.39 is 0 Å². The molecule has 0 saturated carbocycles. The Morgan fingerprint density at radius 3 is 2.82 bits per heavy atom. The van der Waals surface area contributed by atoms with Crippen LogP contribution in [0.4, 0.5) is 11.6 Å². The summed E-state index contributed by atoms with van der Waals surface area (Å²) in [6, 6.07) is 14.3. The van der Waals surface area contributed by atoms with Gasteiger partial charge in [-0.25, -0.2) is 4.98 Å². The molecule has 0 amide bonds. The Bertz CT molecular complexity index is 987. The Kier molecular flexibility index (Phi) is 2.79. The van der Waals surface area contributed by atoms with Crippen molar-refractivity contribution in [2.24, 2.45) is 0 Å². The summed E-state index contributed by atoms with van der Waals surface area (Å²) in [6.07, 6.45) is 1.68. The van der Waals surface area contributed by atoms with Gasteiger partial charge in [-0.05, 0) is 43.2 Å². The number of hydrogen-bond acceptors (Lipinski definition) is 4. The maximum absolute atomic E-state index is 4.71. The zero-order chi connectivity index (χ0) is 15.1. The first kappa shape index (κ1) is 12.8. The molecule has 0 unspecified atom stereocenters. The van der Waals surface area contributed by atoms with Crippen LogP contribution in [-0.4, -0.2) is 19.6 Å². The molecular formula is C17H15N5. The molecule has 0 aliphatic rings. The summed E-state index contributed by atoms with van der Waals surface area (Å²) in [7, 11) is 0. The molecule has 2 aromatic carbocycles. The van der Waals surface area contributed by atoms with Crippen LogP contribution < -0.4 is 5.32 Å². The Balaban J connectivity index is 1.93. The molecule has 4 rings (SSSR count). The van der Waals surface area contributed by atoms with Gasteiger partial charge in [0, 0.05) is 11.1 Å². The Morgan fingerprint density at radius 1 is 1.05 bits per heavy atom. The first-order chi connectivity index (χ1) is 10.7. The van der Waals surface area contributed by atoms with Crippen LogP contribution in [0.5, 0.6) is 0 Å².